The molecule has 0 aliphatic rings. The lowest BCUT2D eigenvalue weighted by Crippen LogP contribution is -2.36. The molecule has 0 aliphatic heterocycles. The summed E-state index contributed by atoms with van der Waals surface area (Å²) in [6, 6.07) is 18.7. The first-order valence-electron chi connectivity index (χ1n) is 9.24. The molecule has 0 spiro atoms. The molecule has 1 amide bonds. The van der Waals surface area contributed by atoms with Gasteiger partial charge >= 0.3 is 0 Å². The molecule has 0 radical (unpaired) electrons. The Morgan fingerprint density at radius 3 is 2.54 bits per heavy atom. The summed E-state index contributed by atoms with van der Waals surface area (Å²) in [5, 5.41) is 4.91. The molecule has 0 bridgehead atoms. The van der Waals surface area contributed by atoms with Crippen molar-refractivity contribution in [1.82, 2.24) is 0 Å². The first-order chi connectivity index (χ1) is 13.4. The van der Waals surface area contributed by atoms with E-state index in [0.717, 1.165) is 21.9 Å². The van der Waals surface area contributed by atoms with Crippen LogP contribution in [0.4, 0.5) is 5.69 Å². The lowest BCUT2D eigenvalue weighted by Gasteiger charge is -2.22. The third-order valence-electron chi connectivity index (χ3n) is 5.11. The Balaban J connectivity index is 1.92. The predicted molar refractivity (Wildman–Crippen MR) is 115 cm³/mol. The standard InChI is InChI=1S/C24H24N2O2/c1-4-22(27)26-18-13-12-15(2)21(14-18)24(28)23(25)16(3)19-11-7-9-17-8-5-6-10-20(17)19/h4-14,16,23H,1,25H2,2-3H3,(H,26,27)/t16-,23?/m1/s1. The number of nitrogens with one attached hydrogen (secondary N) is 1. The number of nitrogens with two attached hydrogens (primary N) is 1. The minimum Gasteiger partial charge on any atom is -0.323 e. The molecule has 3 aromatic carbocycles. The number of fused-ring (bicyclic) bond motifs is 1. The summed E-state index contributed by atoms with van der Waals surface area (Å²) < 4.78 is 0. The Hall–Kier alpha value is -3.24. The van der Waals surface area contributed by atoms with Gasteiger partial charge in [0.2, 0.25) is 5.91 Å². The summed E-state index contributed by atoms with van der Waals surface area (Å²) in [5.74, 6) is -0.632. The second kappa shape index (κ2) is 8.19. The quantitative estimate of drug-likeness (QED) is 0.491. The van der Waals surface area contributed by atoms with Crippen LogP contribution >= 0.6 is 0 Å². The van der Waals surface area contributed by atoms with Gasteiger partial charge in [0.05, 0.1) is 6.04 Å². The molecular weight excluding hydrogens is 348 g/mol. The number of aryl methyl sites for hydroxylation is 1. The van der Waals surface area contributed by atoms with Gasteiger partial charge in [-0.25, -0.2) is 0 Å². The average molecular weight is 372 g/mol. The van der Waals surface area contributed by atoms with Gasteiger partial charge < -0.3 is 11.1 Å². The van der Waals surface area contributed by atoms with E-state index >= 15 is 0 Å². The normalized spacial score (nSPS) is 13.0. The number of hydrogen-bond acceptors (Lipinski definition) is 3. The van der Waals surface area contributed by atoms with Gasteiger partial charge in [-0.1, -0.05) is 62.0 Å². The van der Waals surface area contributed by atoms with Crippen LogP contribution in [-0.4, -0.2) is 17.7 Å². The Bertz CT molecular complexity index is 1050. The molecule has 0 fully saturated rings. The SMILES string of the molecule is C=CC(=O)Nc1ccc(C)c(C(=O)C(N)[C@H](C)c2cccc3ccccc23)c1. The number of Topliss-reactive ketones (excluding diaryl/α,β-unsaturated/α-hetero) is 1. The van der Waals surface area contributed by atoms with E-state index in [1.54, 1.807) is 18.2 Å². The smallest absolute Gasteiger partial charge is 0.247 e. The van der Waals surface area contributed by atoms with Crippen LogP contribution in [0.1, 0.15) is 34.3 Å². The van der Waals surface area contributed by atoms with E-state index in [1.165, 1.54) is 6.08 Å². The second-order valence-corrected chi connectivity index (χ2v) is 6.97. The molecule has 0 saturated carbocycles. The highest BCUT2D eigenvalue weighted by atomic mass is 16.1. The van der Waals surface area contributed by atoms with Gasteiger partial charge in [0, 0.05) is 17.2 Å². The molecule has 28 heavy (non-hydrogen) atoms. The third kappa shape index (κ3) is 3.87. The first-order valence-corrected chi connectivity index (χ1v) is 9.24. The van der Waals surface area contributed by atoms with E-state index in [4.69, 9.17) is 5.73 Å². The minimum absolute atomic E-state index is 0.146. The lowest BCUT2D eigenvalue weighted by molar-refractivity contribution is -0.111. The number of anilines is 1. The van der Waals surface area contributed by atoms with E-state index in [-0.39, 0.29) is 17.6 Å². The van der Waals surface area contributed by atoms with Crippen molar-refractivity contribution >= 4 is 28.2 Å². The van der Waals surface area contributed by atoms with E-state index in [2.05, 4.69) is 30.1 Å². The van der Waals surface area contributed by atoms with Crippen molar-refractivity contribution in [1.29, 1.82) is 0 Å². The van der Waals surface area contributed by atoms with E-state index in [9.17, 15) is 9.59 Å². The highest BCUT2D eigenvalue weighted by Crippen LogP contribution is 2.29. The van der Waals surface area contributed by atoms with Gasteiger partial charge in [-0.05, 0) is 47.0 Å². The molecule has 4 heteroatoms. The van der Waals surface area contributed by atoms with Crippen molar-refractivity contribution in [3.8, 4) is 0 Å². The van der Waals surface area contributed by atoms with Crippen LogP contribution < -0.4 is 11.1 Å². The van der Waals surface area contributed by atoms with Crippen molar-refractivity contribution in [2.45, 2.75) is 25.8 Å². The third-order valence-corrected chi connectivity index (χ3v) is 5.11. The minimum atomic E-state index is -0.699. The first kappa shape index (κ1) is 19.5. The molecular formula is C24H24N2O2. The Kier molecular flexibility index (Phi) is 5.71. The Labute approximate surface area is 165 Å². The molecule has 0 heterocycles. The fourth-order valence-corrected chi connectivity index (χ4v) is 3.41. The van der Waals surface area contributed by atoms with Gasteiger partial charge in [-0.15, -0.1) is 0 Å². The van der Waals surface area contributed by atoms with Crippen molar-refractivity contribution in [2.75, 3.05) is 5.32 Å². The Morgan fingerprint density at radius 2 is 1.79 bits per heavy atom. The molecule has 3 N–H and O–H groups in total. The number of amides is 1. The lowest BCUT2D eigenvalue weighted by atomic mass is 9.85. The van der Waals surface area contributed by atoms with E-state index in [1.807, 2.05) is 38.1 Å². The second-order valence-electron chi connectivity index (χ2n) is 6.97. The molecule has 142 valence electrons. The fourth-order valence-electron chi connectivity index (χ4n) is 3.41. The van der Waals surface area contributed by atoms with Crippen LogP contribution in [-0.2, 0) is 4.79 Å². The van der Waals surface area contributed by atoms with Gasteiger partial charge in [0.15, 0.2) is 5.78 Å². The van der Waals surface area contributed by atoms with Crippen LogP contribution in [0.2, 0.25) is 0 Å². The van der Waals surface area contributed by atoms with Crippen molar-refractivity contribution in [3.05, 3.63) is 90.0 Å². The largest absolute Gasteiger partial charge is 0.323 e. The highest BCUT2D eigenvalue weighted by Gasteiger charge is 2.26. The summed E-state index contributed by atoms with van der Waals surface area (Å²) in [6.07, 6.45) is 1.19. The number of carbonyl (C=O) groups is 2. The van der Waals surface area contributed by atoms with Crippen LogP contribution in [0.25, 0.3) is 10.8 Å². The maximum atomic E-state index is 13.2. The number of carbonyl (C=O) groups excluding carboxylic acids is 2. The molecule has 3 rings (SSSR count). The maximum Gasteiger partial charge on any atom is 0.247 e. The van der Waals surface area contributed by atoms with Crippen molar-refractivity contribution < 1.29 is 9.59 Å². The summed E-state index contributed by atoms with van der Waals surface area (Å²) in [4.78, 5) is 24.7. The number of rotatable bonds is 6. The fraction of sp³-hybridized carbons (Fsp3) is 0.167. The molecule has 1 unspecified atom stereocenters. The molecule has 4 nitrogen and oxygen atoms in total. The summed E-state index contributed by atoms with van der Waals surface area (Å²) in [5.41, 5.74) is 9.34. The summed E-state index contributed by atoms with van der Waals surface area (Å²) in [6.45, 7) is 7.28. The number of ketones is 1. The van der Waals surface area contributed by atoms with Crippen LogP contribution in [0, 0.1) is 6.92 Å². The molecule has 3 aromatic rings. The zero-order chi connectivity index (χ0) is 20.3. The average Bonchev–Trinajstić information content (AvgIpc) is 2.73. The predicted octanol–water partition coefficient (Wildman–Crippen LogP) is 4.59. The van der Waals surface area contributed by atoms with Crippen LogP contribution in [0.15, 0.2) is 73.3 Å². The molecule has 2 atom stereocenters. The van der Waals surface area contributed by atoms with Gasteiger partial charge in [-0.2, -0.15) is 0 Å². The molecule has 0 saturated heterocycles. The molecule has 0 aliphatic carbocycles. The summed E-state index contributed by atoms with van der Waals surface area (Å²) in [7, 11) is 0. The monoisotopic (exact) mass is 372 g/mol. The Morgan fingerprint density at radius 1 is 1.07 bits per heavy atom. The van der Waals surface area contributed by atoms with E-state index in [0.29, 0.717) is 11.3 Å². The van der Waals surface area contributed by atoms with Gasteiger partial charge in [0.1, 0.15) is 0 Å². The molecule has 0 aromatic heterocycles. The van der Waals surface area contributed by atoms with Gasteiger partial charge in [0.25, 0.3) is 0 Å². The zero-order valence-electron chi connectivity index (χ0n) is 16.1. The van der Waals surface area contributed by atoms with Gasteiger partial charge in [-0.3, -0.25) is 9.59 Å². The summed E-state index contributed by atoms with van der Waals surface area (Å²) >= 11 is 0. The number of hydrogen-bond donors (Lipinski definition) is 2. The van der Waals surface area contributed by atoms with Crippen molar-refractivity contribution in [3.63, 3.8) is 0 Å². The van der Waals surface area contributed by atoms with Crippen molar-refractivity contribution in [2.24, 2.45) is 5.73 Å². The van der Waals surface area contributed by atoms with E-state index < -0.39 is 6.04 Å². The number of benzene rings is 3. The highest BCUT2D eigenvalue weighted by molar-refractivity contribution is 6.04. The zero-order valence-corrected chi connectivity index (χ0v) is 16.1. The van der Waals surface area contributed by atoms with Crippen LogP contribution in [0.5, 0.6) is 0 Å². The van der Waals surface area contributed by atoms with Crippen LogP contribution in [0.3, 0.4) is 0 Å². The maximum absolute atomic E-state index is 13.2. The topological polar surface area (TPSA) is 72.2 Å².